The highest BCUT2D eigenvalue weighted by Gasteiger charge is 2.27. The van der Waals surface area contributed by atoms with Gasteiger partial charge >= 0.3 is 0 Å². The van der Waals surface area contributed by atoms with Crippen molar-refractivity contribution >= 4 is 22.6 Å². The van der Waals surface area contributed by atoms with E-state index in [1.165, 1.54) is 17.7 Å². The minimum absolute atomic E-state index is 0.0666. The quantitative estimate of drug-likeness (QED) is 0.321. The summed E-state index contributed by atoms with van der Waals surface area (Å²) in [4.78, 5) is 42.4. The van der Waals surface area contributed by atoms with Crippen molar-refractivity contribution in [1.29, 1.82) is 0 Å². The molecule has 2 aromatic heterocycles. The van der Waals surface area contributed by atoms with Crippen LogP contribution in [0.2, 0.25) is 0 Å². The molecule has 0 unspecified atom stereocenters. The fourth-order valence-electron chi connectivity index (χ4n) is 5.98. The third-order valence-corrected chi connectivity index (χ3v) is 8.37. The fraction of sp³-hybridized carbons (Fsp3) is 0.375. The second kappa shape index (κ2) is 11.9. The Bertz CT molecular complexity index is 1570. The van der Waals surface area contributed by atoms with E-state index in [2.05, 4.69) is 43.9 Å². The molecule has 6 rings (SSSR count). The van der Waals surface area contributed by atoms with Crippen LogP contribution in [0.1, 0.15) is 34.3 Å². The zero-order valence-corrected chi connectivity index (χ0v) is 23.4. The maximum atomic E-state index is 13.3. The molecule has 2 fully saturated rings. The largest absolute Gasteiger partial charge is 0.338 e. The second-order valence-electron chi connectivity index (χ2n) is 11.2. The van der Waals surface area contributed by atoms with Crippen LogP contribution in [-0.4, -0.2) is 69.4 Å². The summed E-state index contributed by atoms with van der Waals surface area (Å²) in [5.74, 6) is 0.342. The van der Waals surface area contributed by atoms with Gasteiger partial charge in [-0.05, 0) is 55.8 Å². The van der Waals surface area contributed by atoms with E-state index in [-0.39, 0.29) is 23.1 Å². The lowest BCUT2D eigenvalue weighted by Gasteiger charge is -2.35. The standard InChI is InChI=1S/C32H35FN6O2/c1-36-21-26(22-37-13-11-25(12-14-37)30(40)24-7-9-27(33)10-8-24)29-28(31(36)41)19-34-32(35-29)39-17-15-38(16-18-39)20-23-5-3-2-4-6-23/h2-10,19,21,25H,11-18,20,22H2,1H3. The van der Waals surface area contributed by atoms with Gasteiger partial charge in [0.15, 0.2) is 5.78 Å². The third-order valence-electron chi connectivity index (χ3n) is 8.37. The van der Waals surface area contributed by atoms with Crippen molar-refractivity contribution in [3.63, 3.8) is 0 Å². The van der Waals surface area contributed by atoms with Gasteiger partial charge in [-0.25, -0.2) is 14.4 Å². The zero-order valence-electron chi connectivity index (χ0n) is 23.4. The summed E-state index contributed by atoms with van der Waals surface area (Å²) in [6, 6.07) is 16.3. The van der Waals surface area contributed by atoms with Gasteiger partial charge in [-0.3, -0.25) is 19.4 Å². The van der Waals surface area contributed by atoms with Crippen LogP contribution in [0, 0.1) is 11.7 Å². The predicted molar refractivity (Wildman–Crippen MR) is 157 cm³/mol. The van der Waals surface area contributed by atoms with Crippen molar-refractivity contribution < 1.29 is 9.18 Å². The number of nitrogens with zero attached hydrogens (tertiary/aromatic N) is 6. The molecule has 0 spiro atoms. The van der Waals surface area contributed by atoms with Crippen molar-refractivity contribution in [2.24, 2.45) is 13.0 Å². The van der Waals surface area contributed by atoms with Crippen molar-refractivity contribution in [2.75, 3.05) is 44.2 Å². The number of rotatable bonds is 7. The molecule has 0 N–H and O–H groups in total. The monoisotopic (exact) mass is 554 g/mol. The van der Waals surface area contributed by atoms with Gasteiger partial charge in [0, 0.05) is 75.8 Å². The van der Waals surface area contributed by atoms with E-state index in [4.69, 9.17) is 4.98 Å². The van der Waals surface area contributed by atoms with E-state index in [1.807, 2.05) is 12.3 Å². The second-order valence-corrected chi connectivity index (χ2v) is 11.2. The molecule has 9 heteroatoms. The highest BCUT2D eigenvalue weighted by Crippen LogP contribution is 2.25. The summed E-state index contributed by atoms with van der Waals surface area (Å²) < 4.78 is 14.9. The number of piperazine rings is 1. The Balaban J connectivity index is 1.14. The van der Waals surface area contributed by atoms with Gasteiger partial charge in [0.2, 0.25) is 5.95 Å². The molecule has 0 amide bonds. The van der Waals surface area contributed by atoms with E-state index in [0.29, 0.717) is 29.0 Å². The number of carbonyl (C=O) groups excluding carboxylic acids is 1. The summed E-state index contributed by atoms with van der Waals surface area (Å²) >= 11 is 0. The third kappa shape index (κ3) is 6.06. The molecule has 4 heterocycles. The molecule has 2 aliphatic heterocycles. The minimum atomic E-state index is -0.335. The number of ketones is 1. The lowest BCUT2D eigenvalue weighted by atomic mass is 9.88. The molecule has 0 aliphatic carbocycles. The van der Waals surface area contributed by atoms with E-state index in [0.717, 1.165) is 64.2 Å². The number of fused-ring (bicyclic) bond motifs is 1. The van der Waals surface area contributed by atoms with Crippen LogP contribution < -0.4 is 10.5 Å². The Labute approximate surface area is 239 Å². The molecule has 41 heavy (non-hydrogen) atoms. The summed E-state index contributed by atoms with van der Waals surface area (Å²) in [5.41, 5.74) is 3.46. The summed E-state index contributed by atoms with van der Waals surface area (Å²) in [6.45, 7) is 6.61. The Morgan fingerprint density at radius 3 is 2.29 bits per heavy atom. The van der Waals surface area contributed by atoms with Gasteiger partial charge in [-0.15, -0.1) is 0 Å². The summed E-state index contributed by atoms with van der Waals surface area (Å²) in [5, 5.41) is 0.526. The zero-order chi connectivity index (χ0) is 28.3. The van der Waals surface area contributed by atoms with Gasteiger partial charge in [-0.1, -0.05) is 30.3 Å². The predicted octanol–water partition coefficient (Wildman–Crippen LogP) is 3.88. The van der Waals surface area contributed by atoms with Crippen molar-refractivity contribution in [3.8, 4) is 0 Å². The average Bonchev–Trinajstić information content (AvgIpc) is 3.01. The molecule has 212 valence electrons. The number of Topliss-reactive ketones (excluding diaryl/α,β-unsaturated/α-hetero) is 1. The molecule has 2 aromatic carbocycles. The number of aromatic nitrogens is 3. The Morgan fingerprint density at radius 2 is 1.59 bits per heavy atom. The van der Waals surface area contributed by atoms with Gasteiger partial charge < -0.3 is 9.47 Å². The van der Waals surface area contributed by atoms with Crippen LogP contribution in [0.15, 0.2) is 71.8 Å². The van der Waals surface area contributed by atoms with Crippen molar-refractivity contribution in [1.82, 2.24) is 24.3 Å². The Morgan fingerprint density at radius 1 is 0.902 bits per heavy atom. The number of hydrogen-bond acceptors (Lipinski definition) is 7. The van der Waals surface area contributed by atoms with Gasteiger partial charge in [0.1, 0.15) is 5.82 Å². The molecule has 8 nitrogen and oxygen atoms in total. The van der Waals surface area contributed by atoms with Crippen LogP contribution in [0.3, 0.4) is 0 Å². The van der Waals surface area contributed by atoms with Crippen LogP contribution in [0.4, 0.5) is 10.3 Å². The maximum Gasteiger partial charge on any atom is 0.261 e. The molecule has 0 atom stereocenters. The maximum absolute atomic E-state index is 13.3. The van der Waals surface area contributed by atoms with Crippen molar-refractivity contribution in [2.45, 2.75) is 25.9 Å². The molecule has 0 bridgehead atoms. The van der Waals surface area contributed by atoms with E-state index in [1.54, 1.807) is 29.9 Å². The highest BCUT2D eigenvalue weighted by molar-refractivity contribution is 5.97. The van der Waals surface area contributed by atoms with Gasteiger partial charge in [0.25, 0.3) is 5.56 Å². The fourth-order valence-corrected chi connectivity index (χ4v) is 5.98. The van der Waals surface area contributed by atoms with E-state index < -0.39 is 0 Å². The average molecular weight is 555 g/mol. The first kappa shape index (κ1) is 27.2. The number of benzene rings is 2. The molecule has 0 radical (unpaired) electrons. The number of hydrogen-bond donors (Lipinski definition) is 0. The first-order chi connectivity index (χ1) is 19.9. The Kier molecular flexibility index (Phi) is 7.89. The highest BCUT2D eigenvalue weighted by atomic mass is 19.1. The van der Waals surface area contributed by atoms with E-state index >= 15 is 0 Å². The van der Waals surface area contributed by atoms with Crippen molar-refractivity contribution in [3.05, 3.63) is 99.9 Å². The number of aryl methyl sites for hydroxylation is 1. The van der Waals surface area contributed by atoms with Crippen LogP contribution in [-0.2, 0) is 20.1 Å². The molecular weight excluding hydrogens is 519 g/mol. The van der Waals surface area contributed by atoms with Crippen LogP contribution >= 0.6 is 0 Å². The first-order valence-electron chi connectivity index (χ1n) is 14.3. The summed E-state index contributed by atoms with van der Waals surface area (Å²) in [7, 11) is 1.76. The topological polar surface area (TPSA) is 74.6 Å². The molecule has 4 aromatic rings. The Hall–Kier alpha value is -3.95. The molecule has 0 saturated carbocycles. The number of pyridine rings is 1. The van der Waals surface area contributed by atoms with E-state index in [9.17, 15) is 14.0 Å². The van der Waals surface area contributed by atoms with Crippen LogP contribution in [0.5, 0.6) is 0 Å². The van der Waals surface area contributed by atoms with Crippen LogP contribution in [0.25, 0.3) is 10.9 Å². The minimum Gasteiger partial charge on any atom is -0.338 e. The summed E-state index contributed by atoms with van der Waals surface area (Å²) in [6.07, 6.45) is 5.04. The number of carbonyl (C=O) groups is 1. The normalized spacial score (nSPS) is 17.3. The lowest BCUT2D eigenvalue weighted by Crippen LogP contribution is -2.46. The number of likely N-dealkylation sites (tertiary alicyclic amines) is 1. The lowest BCUT2D eigenvalue weighted by molar-refractivity contribution is 0.0835. The molecule has 2 saturated heterocycles. The van der Waals surface area contributed by atoms with Gasteiger partial charge in [0.05, 0.1) is 10.9 Å². The van der Waals surface area contributed by atoms with Gasteiger partial charge in [-0.2, -0.15) is 0 Å². The SMILES string of the molecule is Cn1cc(CN2CCC(C(=O)c3ccc(F)cc3)CC2)c2nc(N3CCN(Cc4ccccc4)CC3)ncc2c1=O. The number of piperidine rings is 1. The number of anilines is 1. The smallest absolute Gasteiger partial charge is 0.261 e. The first-order valence-corrected chi connectivity index (χ1v) is 14.3. The molecule has 2 aliphatic rings. The molecular formula is C32H35FN6O2. The number of halogens is 1.